The highest BCUT2D eigenvalue weighted by atomic mass is 16.3. The van der Waals surface area contributed by atoms with Gasteiger partial charge in [0.25, 0.3) is 5.56 Å². The molecule has 3 aromatic rings. The van der Waals surface area contributed by atoms with Crippen LogP contribution in [0.4, 0.5) is 0 Å². The van der Waals surface area contributed by atoms with E-state index < -0.39 is 0 Å². The molecule has 0 saturated heterocycles. The highest BCUT2D eigenvalue weighted by Gasteiger charge is 2.29. The lowest BCUT2D eigenvalue weighted by molar-refractivity contribution is 0.319. The molecule has 0 atom stereocenters. The van der Waals surface area contributed by atoms with E-state index in [-0.39, 0.29) is 5.56 Å². The summed E-state index contributed by atoms with van der Waals surface area (Å²) in [6.07, 6.45) is 7.33. The zero-order valence-electron chi connectivity index (χ0n) is 13.9. The molecule has 1 N–H and O–H groups in total. The fourth-order valence-electron chi connectivity index (χ4n) is 4.02. The van der Waals surface area contributed by atoms with E-state index in [0.717, 1.165) is 35.6 Å². The number of nitrogens with zero attached hydrogens (tertiary/aromatic N) is 1. The summed E-state index contributed by atoms with van der Waals surface area (Å²) in [4.78, 5) is 19.4. The first kappa shape index (κ1) is 15.2. The van der Waals surface area contributed by atoms with Gasteiger partial charge in [0.05, 0.1) is 6.33 Å². The normalized spacial score (nSPS) is 21.2. The monoisotopic (exact) mass is 322 g/mol. The molecule has 1 aromatic carbocycles. The second-order valence-electron chi connectivity index (χ2n) is 6.75. The molecule has 4 nitrogen and oxygen atoms in total. The molecule has 0 aliphatic heterocycles. The standard InChI is InChI=1S/C20H22N2O2/c1-2-13-8-10-14(11-9-13)16-17-19(23)21-12-22-20(17)24-18(16)15-6-4-3-5-7-15/h3-7,12-14H,2,8-11H2,1H3,(H,21,22,23). The summed E-state index contributed by atoms with van der Waals surface area (Å²) in [5, 5.41) is 0.635. The van der Waals surface area contributed by atoms with Gasteiger partial charge in [-0.05, 0) is 37.5 Å². The van der Waals surface area contributed by atoms with Gasteiger partial charge in [0.1, 0.15) is 11.1 Å². The first-order valence-electron chi connectivity index (χ1n) is 8.83. The lowest BCUT2D eigenvalue weighted by atomic mass is 9.77. The molecule has 1 fully saturated rings. The molecular weight excluding hydrogens is 300 g/mol. The van der Waals surface area contributed by atoms with Gasteiger partial charge in [-0.2, -0.15) is 0 Å². The van der Waals surface area contributed by atoms with Crippen molar-refractivity contribution < 1.29 is 4.42 Å². The van der Waals surface area contributed by atoms with Gasteiger partial charge in [-0.1, -0.05) is 43.7 Å². The second kappa shape index (κ2) is 6.27. The zero-order valence-corrected chi connectivity index (χ0v) is 13.9. The van der Waals surface area contributed by atoms with Gasteiger partial charge in [-0.25, -0.2) is 4.98 Å². The summed E-state index contributed by atoms with van der Waals surface area (Å²) in [6.45, 7) is 2.27. The summed E-state index contributed by atoms with van der Waals surface area (Å²) >= 11 is 0. The minimum absolute atomic E-state index is 0.0986. The van der Waals surface area contributed by atoms with Crippen molar-refractivity contribution in [2.24, 2.45) is 5.92 Å². The van der Waals surface area contributed by atoms with E-state index in [1.807, 2.05) is 30.3 Å². The Morgan fingerprint density at radius 2 is 1.92 bits per heavy atom. The minimum atomic E-state index is -0.0986. The SMILES string of the molecule is CCC1CCC(c2c(-c3ccccc3)oc3nc[nH]c(=O)c23)CC1. The maximum atomic E-state index is 12.5. The van der Waals surface area contributed by atoms with Gasteiger partial charge in [-0.3, -0.25) is 4.79 Å². The number of fused-ring (bicyclic) bond motifs is 1. The largest absolute Gasteiger partial charge is 0.437 e. The number of rotatable bonds is 3. The first-order chi connectivity index (χ1) is 11.8. The number of aromatic nitrogens is 2. The number of H-pyrrole nitrogens is 1. The molecule has 0 radical (unpaired) electrons. The molecule has 0 bridgehead atoms. The Hall–Kier alpha value is -2.36. The number of furan rings is 1. The third kappa shape index (κ3) is 2.56. The third-order valence-electron chi connectivity index (χ3n) is 5.40. The van der Waals surface area contributed by atoms with Crippen LogP contribution in [0.1, 0.15) is 50.5 Å². The van der Waals surface area contributed by atoms with Crippen molar-refractivity contribution in [3.8, 4) is 11.3 Å². The predicted octanol–water partition coefficient (Wildman–Crippen LogP) is 4.87. The summed E-state index contributed by atoms with van der Waals surface area (Å²) in [5.74, 6) is 2.00. The molecule has 2 aromatic heterocycles. The Labute approximate surface area is 140 Å². The van der Waals surface area contributed by atoms with Crippen LogP contribution in [0.25, 0.3) is 22.4 Å². The van der Waals surface area contributed by atoms with Gasteiger partial charge in [0.2, 0.25) is 5.71 Å². The van der Waals surface area contributed by atoms with Crippen molar-refractivity contribution in [1.29, 1.82) is 0 Å². The quantitative estimate of drug-likeness (QED) is 0.748. The van der Waals surface area contributed by atoms with Crippen LogP contribution in [0.5, 0.6) is 0 Å². The van der Waals surface area contributed by atoms with Crippen LogP contribution < -0.4 is 5.56 Å². The summed E-state index contributed by atoms with van der Waals surface area (Å²) in [7, 11) is 0. The van der Waals surface area contributed by atoms with E-state index in [1.165, 1.54) is 25.6 Å². The van der Waals surface area contributed by atoms with Crippen molar-refractivity contribution in [2.75, 3.05) is 0 Å². The van der Waals surface area contributed by atoms with E-state index in [4.69, 9.17) is 4.42 Å². The van der Waals surface area contributed by atoms with Crippen molar-refractivity contribution >= 4 is 11.1 Å². The minimum Gasteiger partial charge on any atom is -0.437 e. The second-order valence-corrected chi connectivity index (χ2v) is 6.75. The van der Waals surface area contributed by atoms with Crippen molar-refractivity contribution in [3.05, 3.63) is 52.6 Å². The van der Waals surface area contributed by atoms with Gasteiger partial charge < -0.3 is 9.40 Å². The zero-order chi connectivity index (χ0) is 16.5. The smallest absolute Gasteiger partial charge is 0.262 e. The molecule has 1 aliphatic rings. The summed E-state index contributed by atoms with van der Waals surface area (Å²) in [5.41, 5.74) is 2.42. The molecule has 1 saturated carbocycles. The summed E-state index contributed by atoms with van der Waals surface area (Å²) in [6, 6.07) is 10.1. The predicted molar refractivity (Wildman–Crippen MR) is 95.1 cm³/mol. The maximum Gasteiger partial charge on any atom is 0.262 e. The van der Waals surface area contributed by atoms with Crippen molar-refractivity contribution in [3.63, 3.8) is 0 Å². The number of benzene rings is 1. The third-order valence-corrected chi connectivity index (χ3v) is 5.40. The lowest BCUT2D eigenvalue weighted by Gasteiger charge is -2.28. The molecular formula is C20H22N2O2. The van der Waals surface area contributed by atoms with Crippen LogP contribution in [-0.2, 0) is 0 Å². The van der Waals surface area contributed by atoms with E-state index in [0.29, 0.717) is 17.0 Å². The van der Waals surface area contributed by atoms with Gasteiger partial charge in [-0.15, -0.1) is 0 Å². The topological polar surface area (TPSA) is 58.9 Å². The highest BCUT2D eigenvalue weighted by Crippen LogP contribution is 2.44. The average molecular weight is 322 g/mol. The Kier molecular flexibility index (Phi) is 3.97. The molecule has 0 spiro atoms. The van der Waals surface area contributed by atoms with Crippen LogP contribution in [0.15, 0.2) is 45.9 Å². The van der Waals surface area contributed by atoms with E-state index >= 15 is 0 Å². The van der Waals surface area contributed by atoms with Crippen LogP contribution in [0.2, 0.25) is 0 Å². The molecule has 1 aliphatic carbocycles. The van der Waals surface area contributed by atoms with E-state index in [2.05, 4.69) is 16.9 Å². The molecule has 2 heterocycles. The molecule has 24 heavy (non-hydrogen) atoms. The summed E-state index contributed by atoms with van der Waals surface area (Å²) < 4.78 is 6.04. The lowest BCUT2D eigenvalue weighted by Crippen LogP contribution is -2.15. The first-order valence-corrected chi connectivity index (χ1v) is 8.83. The van der Waals surface area contributed by atoms with Crippen LogP contribution in [0, 0.1) is 5.92 Å². The fourth-order valence-corrected chi connectivity index (χ4v) is 4.02. The fraction of sp³-hybridized carbons (Fsp3) is 0.400. The van der Waals surface area contributed by atoms with E-state index in [9.17, 15) is 4.79 Å². The average Bonchev–Trinajstić information content (AvgIpc) is 3.03. The highest BCUT2D eigenvalue weighted by molar-refractivity contribution is 5.85. The molecule has 4 rings (SSSR count). The maximum absolute atomic E-state index is 12.5. The van der Waals surface area contributed by atoms with Gasteiger partial charge in [0, 0.05) is 11.1 Å². The number of hydrogen-bond donors (Lipinski definition) is 1. The van der Waals surface area contributed by atoms with Crippen molar-refractivity contribution in [2.45, 2.75) is 44.9 Å². The van der Waals surface area contributed by atoms with Crippen molar-refractivity contribution in [1.82, 2.24) is 9.97 Å². The Bertz CT molecular complexity index is 887. The van der Waals surface area contributed by atoms with Gasteiger partial charge >= 0.3 is 0 Å². The number of nitrogens with one attached hydrogen (secondary N) is 1. The van der Waals surface area contributed by atoms with Crippen LogP contribution in [-0.4, -0.2) is 9.97 Å². The van der Waals surface area contributed by atoms with Gasteiger partial charge in [0.15, 0.2) is 0 Å². The van der Waals surface area contributed by atoms with Crippen LogP contribution >= 0.6 is 0 Å². The molecule has 124 valence electrons. The Morgan fingerprint density at radius 3 is 2.62 bits per heavy atom. The van der Waals surface area contributed by atoms with E-state index in [1.54, 1.807) is 0 Å². The Morgan fingerprint density at radius 1 is 1.17 bits per heavy atom. The number of aromatic amines is 1. The molecule has 0 amide bonds. The Balaban J connectivity index is 1.87. The number of hydrogen-bond acceptors (Lipinski definition) is 3. The molecule has 0 unspecified atom stereocenters. The molecule has 4 heteroatoms. The van der Waals surface area contributed by atoms with Crippen LogP contribution in [0.3, 0.4) is 0 Å².